The molecule has 9 heteroatoms. The van der Waals surface area contributed by atoms with Gasteiger partial charge in [-0.1, -0.05) is 0 Å². The summed E-state index contributed by atoms with van der Waals surface area (Å²) in [6, 6.07) is 9.18. The highest BCUT2D eigenvalue weighted by molar-refractivity contribution is 8.14. The van der Waals surface area contributed by atoms with Gasteiger partial charge in [-0.3, -0.25) is 14.9 Å². The Balaban J connectivity index is 1.88. The smallest absolute Gasteiger partial charge is 0.271 e. The van der Waals surface area contributed by atoms with Crippen LogP contribution in [0, 0.1) is 10.1 Å². The third-order valence-electron chi connectivity index (χ3n) is 3.47. The first kappa shape index (κ1) is 16.8. The molecule has 1 N–H and O–H groups in total. The third-order valence-corrected chi connectivity index (χ3v) is 4.26. The molecular weight excluding hydrogens is 346 g/mol. The number of nitrogens with zero attached hydrogens (tertiary/aromatic N) is 2. The summed E-state index contributed by atoms with van der Waals surface area (Å²) in [6.45, 7) is 0. The summed E-state index contributed by atoms with van der Waals surface area (Å²) in [5, 5.41) is 10.9. The minimum atomic E-state index is -0.486. The number of nitro groups is 1. The monoisotopic (exact) mass is 359 g/mol. The Labute approximate surface area is 146 Å². The summed E-state index contributed by atoms with van der Waals surface area (Å²) in [6.07, 6.45) is 0. The number of methoxy groups -OCH3 is 2. The molecule has 0 amide bonds. The van der Waals surface area contributed by atoms with Gasteiger partial charge in [-0.25, -0.2) is 4.98 Å². The number of aromatic nitrogens is 2. The van der Waals surface area contributed by atoms with E-state index in [1.165, 1.54) is 32.4 Å². The summed E-state index contributed by atoms with van der Waals surface area (Å²) in [5.41, 5.74) is 1.37. The number of hydrogen-bond donors (Lipinski definition) is 1. The molecule has 0 radical (unpaired) electrons. The van der Waals surface area contributed by atoms with Gasteiger partial charge in [0.25, 0.3) is 5.69 Å². The lowest BCUT2D eigenvalue weighted by molar-refractivity contribution is -0.384. The number of fused-ring (bicyclic) bond motifs is 1. The fraction of sp³-hybridized carbons (Fsp3) is 0.125. The molecule has 0 aliphatic rings. The molecule has 3 rings (SSSR count). The average Bonchev–Trinajstić information content (AvgIpc) is 3.02. The largest absolute Gasteiger partial charge is 0.497 e. The number of nitro benzene ring substituents is 1. The number of ether oxygens (including phenoxy) is 2. The number of nitrogens with one attached hydrogen (secondary N) is 1. The predicted molar refractivity (Wildman–Crippen MR) is 92.5 cm³/mol. The third kappa shape index (κ3) is 3.41. The fourth-order valence-corrected chi connectivity index (χ4v) is 3.01. The van der Waals surface area contributed by atoms with Crippen LogP contribution >= 0.6 is 11.8 Å². The van der Waals surface area contributed by atoms with E-state index in [2.05, 4.69) is 9.97 Å². The molecule has 0 aliphatic carbocycles. The van der Waals surface area contributed by atoms with Crippen LogP contribution in [0.1, 0.15) is 10.4 Å². The maximum atomic E-state index is 12.5. The molecule has 128 valence electrons. The fourth-order valence-electron chi connectivity index (χ4n) is 2.25. The molecule has 25 heavy (non-hydrogen) atoms. The standard InChI is InChI=1S/C16H13N3O5S/c1-23-10-4-5-11(14(8-10)24-2)15(20)25-16-17-12-6-3-9(19(21)22)7-13(12)18-16/h3-8H,1-2H3,(H,17,18). The van der Waals surface area contributed by atoms with E-state index in [9.17, 15) is 14.9 Å². The number of thioether (sulfide) groups is 1. The Hall–Kier alpha value is -3.07. The number of carbonyl (C=O) groups excluding carboxylic acids is 1. The van der Waals surface area contributed by atoms with Gasteiger partial charge in [0.1, 0.15) is 11.5 Å². The van der Waals surface area contributed by atoms with Gasteiger partial charge in [-0.2, -0.15) is 0 Å². The van der Waals surface area contributed by atoms with Crippen molar-refractivity contribution >= 4 is 33.6 Å². The Bertz CT molecular complexity index is 970. The van der Waals surface area contributed by atoms with Crippen molar-refractivity contribution in [3.05, 3.63) is 52.1 Å². The van der Waals surface area contributed by atoms with Gasteiger partial charge >= 0.3 is 0 Å². The van der Waals surface area contributed by atoms with Crippen LogP contribution in [0.2, 0.25) is 0 Å². The Kier molecular flexibility index (Phi) is 4.57. The molecule has 0 aliphatic heterocycles. The van der Waals surface area contributed by atoms with Gasteiger partial charge in [0.2, 0.25) is 5.12 Å². The average molecular weight is 359 g/mol. The van der Waals surface area contributed by atoms with Gasteiger partial charge in [0.15, 0.2) is 5.16 Å². The normalized spacial score (nSPS) is 10.6. The first-order chi connectivity index (χ1) is 12.0. The summed E-state index contributed by atoms with van der Waals surface area (Å²) in [4.78, 5) is 30.0. The van der Waals surface area contributed by atoms with E-state index >= 15 is 0 Å². The lowest BCUT2D eigenvalue weighted by atomic mass is 10.2. The molecule has 2 aromatic carbocycles. The summed E-state index contributed by atoms with van der Waals surface area (Å²) in [7, 11) is 3.00. The second-order valence-electron chi connectivity index (χ2n) is 4.96. The van der Waals surface area contributed by atoms with Crippen LogP contribution in [-0.4, -0.2) is 34.2 Å². The van der Waals surface area contributed by atoms with Crippen molar-refractivity contribution in [2.24, 2.45) is 0 Å². The number of non-ortho nitro benzene ring substituents is 1. The van der Waals surface area contributed by atoms with Gasteiger partial charge in [0.05, 0.1) is 35.7 Å². The highest BCUT2D eigenvalue weighted by Crippen LogP contribution is 2.31. The van der Waals surface area contributed by atoms with E-state index in [0.717, 1.165) is 11.8 Å². The number of rotatable bonds is 5. The van der Waals surface area contributed by atoms with Crippen molar-refractivity contribution in [1.82, 2.24) is 9.97 Å². The van der Waals surface area contributed by atoms with Crippen LogP contribution in [-0.2, 0) is 0 Å². The molecular formula is C16H13N3O5S. The number of carbonyl (C=O) groups is 1. The van der Waals surface area contributed by atoms with Gasteiger partial charge < -0.3 is 14.5 Å². The minimum absolute atomic E-state index is 0.0455. The number of hydrogen-bond acceptors (Lipinski definition) is 7. The maximum absolute atomic E-state index is 12.5. The SMILES string of the molecule is COc1ccc(C(=O)Sc2nc3ccc([N+](=O)[O-])cc3[nH]2)c(OC)c1. The lowest BCUT2D eigenvalue weighted by Gasteiger charge is -2.08. The Morgan fingerprint density at radius 1 is 1.20 bits per heavy atom. The maximum Gasteiger partial charge on any atom is 0.271 e. The first-order valence-corrected chi connectivity index (χ1v) is 7.92. The number of H-pyrrole nitrogens is 1. The van der Waals surface area contributed by atoms with Gasteiger partial charge in [-0.05, 0) is 30.0 Å². The molecule has 0 spiro atoms. The molecule has 3 aromatic rings. The molecule has 8 nitrogen and oxygen atoms in total. The van der Waals surface area contributed by atoms with Crippen molar-refractivity contribution in [1.29, 1.82) is 0 Å². The zero-order valence-corrected chi connectivity index (χ0v) is 14.1. The molecule has 1 aromatic heterocycles. The highest BCUT2D eigenvalue weighted by atomic mass is 32.2. The Morgan fingerprint density at radius 3 is 2.68 bits per heavy atom. The molecule has 0 atom stereocenters. The highest BCUT2D eigenvalue weighted by Gasteiger charge is 2.17. The number of aromatic amines is 1. The topological polar surface area (TPSA) is 107 Å². The van der Waals surface area contributed by atoms with E-state index in [-0.39, 0.29) is 10.8 Å². The van der Waals surface area contributed by atoms with Gasteiger partial charge in [0, 0.05) is 18.2 Å². The van der Waals surface area contributed by atoms with E-state index in [4.69, 9.17) is 9.47 Å². The van der Waals surface area contributed by atoms with Crippen LogP contribution < -0.4 is 9.47 Å². The zero-order chi connectivity index (χ0) is 18.0. The van der Waals surface area contributed by atoms with Crippen LogP contribution in [0.4, 0.5) is 5.69 Å². The second kappa shape index (κ2) is 6.81. The van der Waals surface area contributed by atoms with Crippen molar-refractivity contribution in [2.75, 3.05) is 14.2 Å². The predicted octanol–water partition coefficient (Wildman–Crippen LogP) is 3.42. The molecule has 1 heterocycles. The van der Waals surface area contributed by atoms with Crippen LogP contribution in [0.15, 0.2) is 41.6 Å². The summed E-state index contributed by atoms with van der Waals surface area (Å²) >= 11 is 0.883. The van der Waals surface area contributed by atoms with Crippen LogP contribution in [0.25, 0.3) is 11.0 Å². The lowest BCUT2D eigenvalue weighted by Crippen LogP contribution is -1.99. The molecule has 0 unspecified atom stereocenters. The Morgan fingerprint density at radius 2 is 2.00 bits per heavy atom. The van der Waals surface area contributed by atoms with E-state index in [1.807, 2.05) is 0 Å². The zero-order valence-electron chi connectivity index (χ0n) is 13.3. The van der Waals surface area contributed by atoms with Crippen molar-refractivity contribution < 1.29 is 19.2 Å². The second-order valence-corrected chi connectivity index (χ2v) is 5.92. The first-order valence-electron chi connectivity index (χ1n) is 7.10. The number of imidazole rings is 1. The quantitative estimate of drug-likeness (QED) is 0.422. The molecule has 0 fully saturated rings. The van der Waals surface area contributed by atoms with E-state index in [0.29, 0.717) is 33.3 Å². The van der Waals surface area contributed by atoms with E-state index < -0.39 is 4.92 Å². The van der Waals surface area contributed by atoms with Crippen molar-refractivity contribution in [3.8, 4) is 11.5 Å². The number of benzene rings is 2. The summed E-state index contributed by atoms with van der Waals surface area (Å²) in [5.74, 6) is 0.970. The van der Waals surface area contributed by atoms with Crippen LogP contribution in [0.3, 0.4) is 0 Å². The van der Waals surface area contributed by atoms with Crippen molar-refractivity contribution in [2.45, 2.75) is 5.16 Å². The summed E-state index contributed by atoms with van der Waals surface area (Å²) < 4.78 is 10.3. The molecule has 0 saturated carbocycles. The molecule has 0 saturated heterocycles. The van der Waals surface area contributed by atoms with Gasteiger partial charge in [-0.15, -0.1) is 0 Å². The molecule has 0 bridgehead atoms. The van der Waals surface area contributed by atoms with Crippen LogP contribution in [0.5, 0.6) is 11.5 Å². The van der Waals surface area contributed by atoms with Crippen molar-refractivity contribution in [3.63, 3.8) is 0 Å². The van der Waals surface area contributed by atoms with E-state index in [1.54, 1.807) is 18.2 Å². The minimum Gasteiger partial charge on any atom is -0.497 e.